The fourth-order valence-corrected chi connectivity index (χ4v) is 3.36. The van der Waals surface area contributed by atoms with Gasteiger partial charge in [-0.15, -0.1) is 0 Å². The quantitative estimate of drug-likeness (QED) is 0.731. The number of amides is 1. The highest BCUT2D eigenvalue weighted by molar-refractivity contribution is 5.93. The third-order valence-corrected chi connectivity index (χ3v) is 5.08. The van der Waals surface area contributed by atoms with Crippen LogP contribution in [0, 0.1) is 0 Å². The number of nitrogens with zero attached hydrogens (tertiary/aromatic N) is 4. The van der Waals surface area contributed by atoms with Crippen LogP contribution in [0.15, 0.2) is 24.5 Å². The largest absolute Gasteiger partial charge is 0.493 e. The first-order chi connectivity index (χ1) is 13.6. The van der Waals surface area contributed by atoms with E-state index in [1.165, 1.54) is 5.56 Å². The molecule has 7 heteroatoms. The summed E-state index contributed by atoms with van der Waals surface area (Å²) in [6.45, 7) is 4.24. The van der Waals surface area contributed by atoms with Crippen LogP contribution in [0.2, 0.25) is 0 Å². The molecule has 1 aliphatic heterocycles. The molecular weight excluding hydrogens is 356 g/mol. The molecule has 150 valence electrons. The molecule has 1 aromatic carbocycles. The monoisotopic (exact) mass is 384 g/mol. The van der Waals surface area contributed by atoms with Crippen molar-refractivity contribution in [3.8, 4) is 11.5 Å². The van der Waals surface area contributed by atoms with Gasteiger partial charge in [-0.05, 0) is 36.1 Å². The lowest BCUT2D eigenvalue weighted by atomic mass is 9.98. The van der Waals surface area contributed by atoms with Gasteiger partial charge in [0.2, 0.25) is 5.95 Å². The lowest BCUT2D eigenvalue weighted by Crippen LogP contribution is -2.36. The van der Waals surface area contributed by atoms with Crippen molar-refractivity contribution in [3.05, 3.63) is 41.2 Å². The number of fused-ring (bicyclic) bond motifs is 1. The lowest BCUT2D eigenvalue weighted by Gasteiger charge is -2.29. The Bertz CT molecular complexity index is 823. The molecule has 0 atom stereocenters. The first kappa shape index (κ1) is 19.9. The molecule has 7 nitrogen and oxygen atoms in total. The van der Waals surface area contributed by atoms with Gasteiger partial charge in [-0.3, -0.25) is 4.79 Å². The molecule has 1 amide bonds. The molecular formula is C21H28N4O3. The molecule has 2 aromatic rings. The van der Waals surface area contributed by atoms with E-state index < -0.39 is 0 Å². The number of carbonyl (C=O) groups excluding carboxylic acids is 1. The van der Waals surface area contributed by atoms with Crippen LogP contribution in [0.5, 0.6) is 11.5 Å². The summed E-state index contributed by atoms with van der Waals surface area (Å²) in [5, 5.41) is 0. The minimum Gasteiger partial charge on any atom is -0.493 e. The third-order valence-electron chi connectivity index (χ3n) is 5.08. The number of hydrogen-bond donors (Lipinski definition) is 0. The first-order valence-corrected chi connectivity index (χ1v) is 9.63. The van der Waals surface area contributed by atoms with Gasteiger partial charge in [-0.2, -0.15) is 0 Å². The Morgan fingerprint density at radius 1 is 1.14 bits per heavy atom. The maximum atomic E-state index is 12.9. The predicted molar refractivity (Wildman–Crippen MR) is 108 cm³/mol. The van der Waals surface area contributed by atoms with E-state index in [4.69, 9.17) is 9.47 Å². The van der Waals surface area contributed by atoms with Crippen LogP contribution in [-0.2, 0) is 13.0 Å². The second-order valence-electron chi connectivity index (χ2n) is 7.00. The highest BCUT2D eigenvalue weighted by Crippen LogP contribution is 2.33. The average molecular weight is 384 g/mol. The Kier molecular flexibility index (Phi) is 6.34. The molecule has 0 saturated heterocycles. The second-order valence-corrected chi connectivity index (χ2v) is 7.00. The Morgan fingerprint density at radius 3 is 2.39 bits per heavy atom. The predicted octanol–water partition coefficient (Wildman–Crippen LogP) is 2.93. The van der Waals surface area contributed by atoms with E-state index in [1.54, 1.807) is 26.6 Å². The van der Waals surface area contributed by atoms with E-state index in [0.29, 0.717) is 30.4 Å². The zero-order valence-corrected chi connectivity index (χ0v) is 17.1. The fourth-order valence-electron chi connectivity index (χ4n) is 3.36. The van der Waals surface area contributed by atoms with Crippen molar-refractivity contribution >= 4 is 11.9 Å². The number of ether oxygens (including phenoxy) is 2. The number of unbranched alkanes of at least 4 members (excludes halogenated alkanes) is 1. The van der Waals surface area contributed by atoms with Gasteiger partial charge in [0.15, 0.2) is 11.5 Å². The Hall–Kier alpha value is -2.83. The molecule has 1 aliphatic rings. The molecule has 0 bridgehead atoms. The molecule has 0 N–H and O–H groups in total. The zero-order chi connectivity index (χ0) is 20.1. The average Bonchev–Trinajstić information content (AvgIpc) is 2.75. The number of carbonyl (C=O) groups is 1. The van der Waals surface area contributed by atoms with Gasteiger partial charge in [-0.25, -0.2) is 9.97 Å². The van der Waals surface area contributed by atoms with Gasteiger partial charge in [0.1, 0.15) is 0 Å². The molecule has 0 fully saturated rings. The molecule has 2 heterocycles. The summed E-state index contributed by atoms with van der Waals surface area (Å²) in [6.07, 6.45) is 6.23. The molecule has 1 aromatic heterocycles. The summed E-state index contributed by atoms with van der Waals surface area (Å²) in [7, 11) is 5.22. The third kappa shape index (κ3) is 4.18. The van der Waals surface area contributed by atoms with Crippen LogP contribution < -0.4 is 14.4 Å². The Morgan fingerprint density at radius 2 is 1.79 bits per heavy atom. The minimum atomic E-state index is -0.0526. The van der Waals surface area contributed by atoms with Crippen LogP contribution in [-0.4, -0.2) is 55.1 Å². The fraction of sp³-hybridized carbons (Fsp3) is 0.476. The number of benzene rings is 1. The summed E-state index contributed by atoms with van der Waals surface area (Å²) in [5.41, 5.74) is 2.77. The smallest absolute Gasteiger partial charge is 0.257 e. The molecule has 28 heavy (non-hydrogen) atoms. The number of aromatic nitrogens is 2. The van der Waals surface area contributed by atoms with E-state index in [0.717, 1.165) is 37.1 Å². The number of methoxy groups -OCH3 is 2. The van der Waals surface area contributed by atoms with E-state index in [1.807, 2.05) is 29.0 Å². The SMILES string of the molecule is CCCCN(C)c1ncc(C(=O)N2CCc3cc(OC)c(OC)cc3C2)cn1. The number of hydrogen-bond acceptors (Lipinski definition) is 6. The molecule has 0 saturated carbocycles. The van der Waals surface area contributed by atoms with Crippen molar-refractivity contribution < 1.29 is 14.3 Å². The van der Waals surface area contributed by atoms with Gasteiger partial charge < -0.3 is 19.3 Å². The second kappa shape index (κ2) is 8.91. The first-order valence-electron chi connectivity index (χ1n) is 9.63. The van der Waals surface area contributed by atoms with Crippen LogP contribution in [0.3, 0.4) is 0 Å². The summed E-state index contributed by atoms with van der Waals surface area (Å²) in [5.74, 6) is 1.99. The summed E-state index contributed by atoms with van der Waals surface area (Å²) in [6, 6.07) is 3.95. The molecule has 0 unspecified atom stereocenters. The highest BCUT2D eigenvalue weighted by atomic mass is 16.5. The number of rotatable bonds is 7. The van der Waals surface area contributed by atoms with Crippen molar-refractivity contribution in [2.24, 2.45) is 0 Å². The zero-order valence-electron chi connectivity index (χ0n) is 17.1. The van der Waals surface area contributed by atoms with Gasteiger partial charge in [-0.1, -0.05) is 13.3 Å². The Labute approximate surface area is 166 Å². The summed E-state index contributed by atoms with van der Waals surface area (Å²) < 4.78 is 10.8. The van der Waals surface area contributed by atoms with Crippen LogP contribution in [0.1, 0.15) is 41.3 Å². The summed E-state index contributed by atoms with van der Waals surface area (Å²) >= 11 is 0. The highest BCUT2D eigenvalue weighted by Gasteiger charge is 2.24. The van der Waals surface area contributed by atoms with Crippen LogP contribution in [0.4, 0.5) is 5.95 Å². The Balaban J connectivity index is 1.72. The lowest BCUT2D eigenvalue weighted by molar-refractivity contribution is 0.0733. The normalized spacial score (nSPS) is 13.1. The molecule has 0 aliphatic carbocycles. The van der Waals surface area contributed by atoms with Gasteiger partial charge >= 0.3 is 0 Å². The van der Waals surface area contributed by atoms with Gasteiger partial charge in [0.25, 0.3) is 5.91 Å². The minimum absolute atomic E-state index is 0.0526. The topological polar surface area (TPSA) is 67.8 Å². The van der Waals surface area contributed by atoms with Crippen LogP contribution >= 0.6 is 0 Å². The molecule has 0 spiro atoms. The van der Waals surface area contributed by atoms with E-state index >= 15 is 0 Å². The standard InChI is InChI=1S/C21H28N4O3/c1-5-6-8-24(2)21-22-12-17(13-23-21)20(26)25-9-7-15-10-18(27-3)19(28-4)11-16(15)14-25/h10-13H,5-9,14H2,1-4H3. The molecule has 3 rings (SSSR count). The van der Waals surface area contributed by atoms with Crippen molar-refractivity contribution in [2.45, 2.75) is 32.7 Å². The van der Waals surface area contributed by atoms with E-state index in [2.05, 4.69) is 16.9 Å². The van der Waals surface area contributed by atoms with E-state index in [-0.39, 0.29) is 5.91 Å². The van der Waals surface area contributed by atoms with Crippen molar-refractivity contribution in [3.63, 3.8) is 0 Å². The van der Waals surface area contributed by atoms with Gasteiger partial charge in [0.05, 0.1) is 19.8 Å². The number of anilines is 1. The maximum absolute atomic E-state index is 12.9. The van der Waals surface area contributed by atoms with Gasteiger partial charge in [0, 0.05) is 39.1 Å². The maximum Gasteiger partial charge on any atom is 0.257 e. The van der Waals surface area contributed by atoms with Crippen molar-refractivity contribution in [2.75, 3.05) is 39.3 Å². The van der Waals surface area contributed by atoms with Crippen molar-refractivity contribution in [1.29, 1.82) is 0 Å². The molecule has 0 radical (unpaired) electrons. The van der Waals surface area contributed by atoms with E-state index in [9.17, 15) is 4.79 Å². The van der Waals surface area contributed by atoms with Crippen LogP contribution in [0.25, 0.3) is 0 Å². The van der Waals surface area contributed by atoms with Crippen molar-refractivity contribution in [1.82, 2.24) is 14.9 Å². The summed E-state index contributed by atoms with van der Waals surface area (Å²) in [4.78, 5) is 25.5.